The van der Waals surface area contributed by atoms with Gasteiger partial charge in [-0.2, -0.15) is 0 Å². The molecule has 2 aromatic carbocycles. The summed E-state index contributed by atoms with van der Waals surface area (Å²) in [5, 5.41) is 12.4. The number of benzene rings is 2. The number of carbonyl (C=O) groups is 2. The van der Waals surface area contributed by atoms with Crippen molar-refractivity contribution in [3.63, 3.8) is 0 Å². The Morgan fingerprint density at radius 2 is 1.96 bits per heavy atom. The third-order valence-electron chi connectivity index (χ3n) is 4.04. The zero-order valence-corrected chi connectivity index (χ0v) is 17.5. The number of ether oxygens (including phenoxy) is 1. The summed E-state index contributed by atoms with van der Waals surface area (Å²) in [6, 6.07) is 15.2. The molecule has 1 aliphatic heterocycles. The number of methoxy groups -OCH3 is 1. The molecule has 2 aromatic rings. The van der Waals surface area contributed by atoms with E-state index >= 15 is 0 Å². The maximum atomic E-state index is 12.6. The fraction of sp³-hybridized carbons (Fsp3) is 0.100. The van der Waals surface area contributed by atoms with Crippen molar-refractivity contribution < 1.29 is 19.4 Å². The van der Waals surface area contributed by atoms with Gasteiger partial charge in [-0.1, -0.05) is 0 Å². The number of allylic oxidation sites excluding steroid dienone is 2. The Hall–Kier alpha value is -2.47. The maximum absolute atomic E-state index is 12.6. The monoisotopic (exact) mass is 450 g/mol. The van der Waals surface area contributed by atoms with E-state index in [0.29, 0.717) is 8.90 Å². The van der Waals surface area contributed by atoms with Crippen LogP contribution >= 0.6 is 0 Å². The summed E-state index contributed by atoms with van der Waals surface area (Å²) in [5.41, 5.74) is 3.12. The molecule has 1 aliphatic rings. The first-order valence-electron chi connectivity index (χ1n) is 8.09. The van der Waals surface area contributed by atoms with Crippen LogP contribution in [0.15, 0.2) is 67.3 Å². The van der Waals surface area contributed by atoms with Crippen molar-refractivity contribution >= 4 is 46.0 Å². The Balaban J connectivity index is 1.77. The van der Waals surface area contributed by atoms with E-state index in [1.165, 1.54) is 0 Å². The number of aliphatic carboxylic acids is 1. The number of carboxylic acid groups (broad SMARTS) is 1. The van der Waals surface area contributed by atoms with E-state index in [2.05, 4.69) is 5.32 Å². The predicted octanol–water partition coefficient (Wildman–Crippen LogP) is 3.12. The van der Waals surface area contributed by atoms with Crippen LogP contribution in [-0.2, 0) is 16.0 Å². The Bertz CT molecular complexity index is 918. The van der Waals surface area contributed by atoms with Crippen molar-refractivity contribution in [2.45, 2.75) is 6.42 Å². The van der Waals surface area contributed by atoms with Gasteiger partial charge in [0.2, 0.25) is 0 Å². The van der Waals surface area contributed by atoms with E-state index in [1.807, 2.05) is 52.4 Å². The van der Waals surface area contributed by atoms with Crippen molar-refractivity contribution in [1.82, 2.24) is 0 Å². The summed E-state index contributed by atoms with van der Waals surface area (Å²) >= 11 is -1.45. The molecule has 2 N–H and O–H groups in total. The molecule has 0 saturated carbocycles. The minimum atomic E-state index is -1.45. The summed E-state index contributed by atoms with van der Waals surface area (Å²) in [6.07, 6.45) is 1.77. The standard InChI is InChI=1S/C20H17NO4.In/c1-14(10-11-20(23)24)19(22)12-15-6-3-4-9-18(15)21-16-7-5-8-17(13-16)25-2;/h1,3-10,13,21H,12H2,2H3,(H,23,24);. The third kappa shape index (κ3) is 4.38. The summed E-state index contributed by atoms with van der Waals surface area (Å²) in [4.78, 5) is 23.6. The van der Waals surface area contributed by atoms with Crippen LogP contribution in [0.3, 0.4) is 0 Å². The van der Waals surface area contributed by atoms with Gasteiger partial charge in [-0.15, -0.1) is 0 Å². The van der Waals surface area contributed by atoms with Crippen LogP contribution in [0, 0.1) is 0 Å². The minimum absolute atomic E-state index is 0.0487. The second-order valence-corrected chi connectivity index (χ2v) is 9.49. The number of hydrogen-bond donors (Lipinski definition) is 2. The summed E-state index contributed by atoms with van der Waals surface area (Å²) < 4.78 is 7.53. The average Bonchev–Trinajstić information content (AvgIpc) is 3.14. The molecule has 129 valence electrons. The van der Waals surface area contributed by atoms with Crippen LogP contribution in [-0.4, -0.2) is 46.9 Å². The van der Waals surface area contributed by atoms with Crippen molar-refractivity contribution in [2.75, 3.05) is 12.4 Å². The second kappa shape index (κ2) is 8.27. The molecule has 0 spiro atoms. The van der Waals surface area contributed by atoms with Crippen LogP contribution in [0.2, 0.25) is 0 Å². The van der Waals surface area contributed by atoms with E-state index in [1.54, 1.807) is 13.2 Å². The van der Waals surface area contributed by atoms with Crippen molar-refractivity contribution in [3.8, 4) is 5.75 Å². The molecule has 0 amide bonds. The van der Waals surface area contributed by atoms with E-state index in [4.69, 9.17) is 9.84 Å². The molecular weight excluding hydrogens is 433 g/mol. The Labute approximate surface area is 162 Å². The quantitative estimate of drug-likeness (QED) is 0.679. The molecule has 1 radical (unpaired) electrons. The first-order chi connectivity index (χ1) is 12.6. The van der Waals surface area contributed by atoms with Crippen molar-refractivity contribution in [3.05, 3.63) is 72.9 Å². The predicted molar refractivity (Wildman–Crippen MR) is 101 cm³/mol. The van der Waals surface area contributed by atoms with Crippen LogP contribution < -0.4 is 10.1 Å². The van der Waals surface area contributed by atoms with Crippen LogP contribution in [0.4, 0.5) is 11.4 Å². The van der Waals surface area contributed by atoms with Gasteiger partial charge in [0.15, 0.2) is 0 Å². The number of hydrogen-bond acceptors (Lipinski definition) is 4. The molecule has 0 bridgehead atoms. The van der Waals surface area contributed by atoms with Gasteiger partial charge in [0.1, 0.15) is 0 Å². The van der Waals surface area contributed by atoms with Gasteiger partial charge < -0.3 is 0 Å². The molecule has 1 heterocycles. The number of anilines is 2. The number of Topliss-reactive ketones (excluding diaryl/α,β-unsaturated/α-hetero) is 1. The zero-order valence-electron chi connectivity index (χ0n) is 14.2. The van der Waals surface area contributed by atoms with Gasteiger partial charge in [-0.05, 0) is 0 Å². The molecule has 6 heteroatoms. The molecule has 5 nitrogen and oxygen atoms in total. The van der Waals surface area contributed by atoms with Crippen LogP contribution in [0.5, 0.6) is 5.75 Å². The molecule has 0 atom stereocenters. The molecule has 0 aromatic heterocycles. The van der Waals surface area contributed by atoms with Gasteiger partial charge in [0.05, 0.1) is 0 Å². The third-order valence-corrected chi connectivity index (χ3v) is 7.75. The number of rotatable bonds is 7. The number of carboxylic acids is 1. The van der Waals surface area contributed by atoms with Gasteiger partial charge >= 0.3 is 163 Å². The Kier molecular flexibility index (Phi) is 5.83. The van der Waals surface area contributed by atoms with E-state index < -0.39 is 28.9 Å². The normalized spacial score (nSPS) is 12.7. The molecule has 0 unspecified atom stereocenters. The second-order valence-electron chi connectivity index (χ2n) is 5.81. The van der Waals surface area contributed by atoms with Gasteiger partial charge in [0, 0.05) is 0 Å². The van der Waals surface area contributed by atoms with E-state index in [0.717, 1.165) is 22.7 Å². The fourth-order valence-electron chi connectivity index (χ4n) is 2.68. The Morgan fingerprint density at radius 3 is 2.69 bits per heavy atom. The van der Waals surface area contributed by atoms with Gasteiger partial charge in [-0.25, -0.2) is 0 Å². The first-order valence-corrected chi connectivity index (χ1v) is 11.6. The zero-order chi connectivity index (χ0) is 18.5. The van der Waals surface area contributed by atoms with Gasteiger partial charge in [-0.3, -0.25) is 0 Å². The SMILES string of the molecule is COc1cccc(Nc2ccccc2CC(=O)C2=[CH][In][C](C(=O)O)=C2)c1. The number of nitrogens with one attached hydrogen (secondary N) is 1. The molecule has 0 fully saturated rings. The van der Waals surface area contributed by atoms with E-state index in [-0.39, 0.29) is 12.2 Å². The number of carbonyl (C=O) groups excluding carboxylic acids is 1. The topological polar surface area (TPSA) is 75.6 Å². The summed E-state index contributed by atoms with van der Waals surface area (Å²) in [5.74, 6) is -0.199. The molecule has 0 aliphatic carbocycles. The van der Waals surface area contributed by atoms with Crippen LogP contribution in [0.25, 0.3) is 0 Å². The van der Waals surface area contributed by atoms with Crippen LogP contribution in [0.1, 0.15) is 5.56 Å². The first kappa shape index (κ1) is 18.3. The summed E-state index contributed by atoms with van der Waals surface area (Å²) in [7, 11) is 1.62. The fourth-order valence-corrected chi connectivity index (χ4v) is 5.70. The molecule has 26 heavy (non-hydrogen) atoms. The van der Waals surface area contributed by atoms with E-state index in [9.17, 15) is 9.59 Å². The summed E-state index contributed by atoms with van der Waals surface area (Å²) in [6.45, 7) is 0. The average molecular weight is 450 g/mol. The molecular formula is C20H17InNO4. The molecule has 3 rings (SSSR count). The molecule has 0 saturated heterocycles. The number of ketones is 1. The van der Waals surface area contributed by atoms with Crippen molar-refractivity contribution in [2.24, 2.45) is 0 Å². The van der Waals surface area contributed by atoms with Crippen molar-refractivity contribution in [1.29, 1.82) is 0 Å². The van der Waals surface area contributed by atoms with Gasteiger partial charge in [0.25, 0.3) is 0 Å². The Morgan fingerprint density at radius 1 is 1.15 bits per heavy atom. The number of para-hydroxylation sites is 1.